The first kappa shape index (κ1) is 21.1. The van der Waals surface area contributed by atoms with E-state index in [1.807, 2.05) is 6.92 Å². The fourth-order valence-corrected chi connectivity index (χ4v) is 4.42. The van der Waals surface area contributed by atoms with Crippen LogP contribution in [0.15, 0.2) is 12.2 Å². The Morgan fingerprint density at radius 1 is 1.26 bits per heavy atom. The van der Waals surface area contributed by atoms with E-state index in [0.29, 0.717) is 32.3 Å². The van der Waals surface area contributed by atoms with E-state index >= 15 is 0 Å². The molecule has 2 N–H and O–H groups in total. The molecule has 0 spiro atoms. The fourth-order valence-electron chi connectivity index (χ4n) is 4.42. The molecule has 2 saturated heterocycles. The van der Waals surface area contributed by atoms with E-state index in [-0.39, 0.29) is 18.4 Å². The maximum Gasteiger partial charge on any atom is 0.292 e. The molecular weight excluding hydrogens is 358 g/mol. The van der Waals surface area contributed by atoms with Gasteiger partial charge in [0.2, 0.25) is 0 Å². The van der Waals surface area contributed by atoms with E-state index in [1.165, 1.54) is 6.08 Å². The van der Waals surface area contributed by atoms with Crippen LogP contribution in [-0.2, 0) is 14.2 Å². The van der Waals surface area contributed by atoms with Crippen LogP contribution >= 0.6 is 0 Å². The largest absolute Gasteiger partial charge is 0.392 e. The molecule has 0 aromatic heterocycles. The van der Waals surface area contributed by atoms with Crippen LogP contribution < -0.4 is 0 Å². The topological polar surface area (TPSA) is 68.2 Å². The number of fused-ring (bicyclic) bond motifs is 1. The summed E-state index contributed by atoms with van der Waals surface area (Å²) < 4.78 is 46.4. The lowest BCUT2D eigenvalue weighted by atomic mass is 9.90. The second-order valence-electron chi connectivity index (χ2n) is 8.01. The average Bonchev–Trinajstić information content (AvgIpc) is 3.12. The maximum absolute atomic E-state index is 14.9. The zero-order valence-electron chi connectivity index (χ0n) is 15.9. The third kappa shape index (κ3) is 5.26. The molecule has 3 rings (SSSR count). The Morgan fingerprint density at radius 2 is 2.07 bits per heavy atom. The highest BCUT2D eigenvalue weighted by molar-refractivity contribution is 5.09. The van der Waals surface area contributed by atoms with E-state index in [9.17, 15) is 19.0 Å². The predicted octanol–water partition coefficient (Wildman–Crippen LogP) is 3.38. The van der Waals surface area contributed by atoms with Crippen molar-refractivity contribution in [3.8, 4) is 0 Å². The van der Waals surface area contributed by atoms with Crippen LogP contribution in [0.4, 0.5) is 8.78 Å². The van der Waals surface area contributed by atoms with E-state index in [4.69, 9.17) is 14.2 Å². The number of halogens is 2. The van der Waals surface area contributed by atoms with Gasteiger partial charge >= 0.3 is 0 Å². The Kier molecular flexibility index (Phi) is 7.25. The van der Waals surface area contributed by atoms with Crippen molar-refractivity contribution in [3.63, 3.8) is 0 Å². The third-order valence-electron chi connectivity index (χ3n) is 5.94. The van der Waals surface area contributed by atoms with Gasteiger partial charge in [-0.25, -0.2) is 0 Å². The molecule has 2 aliphatic heterocycles. The summed E-state index contributed by atoms with van der Waals surface area (Å²) >= 11 is 0. The molecule has 0 aromatic carbocycles. The Bertz CT molecular complexity index is 495. The van der Waals surface area contributed by atoms with Gasteiger partial charge in [-0.3, -0.25) is 0 Å². The zero-order chi connectivity index (χ0) is 19.4. The number of unbranched alkanes of at least 4 members (excludes halogenated alkanes) is 1. The lowest BCUT2D eigenvalue weighted by molar-refractivity contribution is -0.229. The number of aliphatic hydroxyl groups excluding tert-OH is 2. The molecule has 3 unspecified atom stereocenters. The first-order valence-corrected chi connectivity index (χ1v) is 10.3. The lowest BCUT2D eigenvalue weighted by Gasteiger charge is -2.31. The van der Waals surface area contributed by atoms with Gasteiger partial charge < -0.3 is 24.4 Å². The third-order valence-corrected chi connectivity index (χ3v) is 5.94. The molecule has 7 heteroatoms. The summed E-state index contributed by atoms with van der Waals surface area (Å²) in [6.07, 6.45) is 3.58. The van der Waals surface area contributed by atoms with Crippen LogP contribution in [-0.4, -0.2) is 53.6 Å². The monoisotopic (exact) mass is 390 g/mol. The van der Waals surface area contributed by atoms with Crippen LogP contribution in [0.2, 0.25) is 0 Å². The van der Waals surface area contributed by atoms with Crippen molar-refractivity contribution in [1.29, 1.82) is 0 Å². The number of aliphatic hydroxyl groups is 2. The molecular formula is C20H32F2O5. The maximum atomic E-state index is 14.9. The second kappa shape index (κ2) is 9.27. The highest BCUT2D eigenvalue weighted by atomic mass is 19.3. The van der Waals surface area contributed by atoms with Crippen molar-refractivity contribution < 1.29 is 33.2 Å². The minimum atomic E-state index is -3.15. The van der Waals surface area contributed by atoms with Gasteiger partial charge in [0.25, 0.3) is 5.92 Å². The quantitative estimate of drug-likeness (QED) is 0.622. The summed E-state index contributed by atoms with van der Waals surface area (Å²) in [7, 11) is 0. The van der Waals surface area contributed by atoms with Gasteiger partial charge in [0.15, 0.2) is 12.6 Å². The molecule has 5 nitrogen and oxygen atoms in total. The van der Waals surface area contributed by atoms with E-state index in [0.717, 1.165) is 25.3 Å². The number of ether oxygens (including phenoxy) is 3. The lowest BCUT2D eigenvalue weighted by Crippen LogP contribution is -2.39. The summed E-state index contributed by atoms with van der Waals surface area (Å²) in [6, 6.07) is 0. The van der Waals surface area contributed by atoms with Gasteiger partial charge in [-0.15, -0.1) is 0 Å². The Labute approximate surface area is 159 Å². The second-order valence-corrected chi connectivity index (χ2v) is 8.01. The van der Waals surface area contributed by atoms with Crippen molar-refractivity contribution in [2.75, 3.05) is 6.61 Å². The van der Waals surface area contributed by atoms with Crippen LogP contribution in [0, 0.1) is 11.8 Å². The summed E-state index contributed by atoms with van der Waals surface area (Å²) in [4.78, 5) is 0. The smallest absolute Gasteiger partial charge is 0.292 e. The molecule has 2 heterocycles. The van der Waals surface area contributed by atoms with Gasteiger partial charge in [0.05, 0.1) is 12.2 Å². The number of rotatable bonds is 8. The van der Waals surface area contributed by atoms with E-state index < -0.39 is 36.6 Å². The van der Waals surface area contributed by atoms with Gasteiger partial charge in [-0.1, -0.05) is 25.8 Å². The van der Waals surface area contributed by atoms with E-state index in [2.05, 4.69) is 0 Å². The highest BCUT2D eigenvalue weighted by Gasteiger charge is 2.48. The van der Waals surface area contributed by atoms with Crippen molar-refractivity contribution in [3.05, 3.63) is 12.2 Å². The molecule has 0 amide bonds. The molecule has 156 valence electrons. The standard InChI is InChI=1S/C20H32F2O5/c1-2-3-6-17(27-19-7-4-5-10-25-19)20(21,22)9-8-13-14-11-18(24)26-16(14)12-15(13)23/h8-9,13-19,23-24H,2-7,10-12H2,1H3/b9-8+/t13-,14-,15-,16+,17?,18?,19?/m1/s1. The molecule has 1 aliphatic carbocycles. The number of hydrogen-bond acceptors (Lipinski definition) is 5. The highest BCUT2D eigenvalue weighted by Crippen LogP contribution is 2.44. The molecule has 0 radical (unpaired) electrons. The SMILES string of the molecule is CCCCC(OC1CCCCO1)C(F)(F)/C=C/[C@@H]1[C@H]2CC(O)O[C@H]2C[C@H]1O. The number of alkyl halides is 2. The van der Waals surface area contributed by atoms with Gasteiger partial charge in [0, 0.05) is 25.4 Å². The first-order chi connectivity index (χ1) is 12.9. The van der Waals surface area contributed by atoms with Crippen molar-refractivity contribution in [1.82, 2.24) is 0 Å². The molecule has 3 aliphatic rings. The zero-order valence-corrected chi connectivity index (χ0v) is 15.9. The van der Waals surface area contributed by atoms with Gasteiger partial charge in [-0.2, -0.15) is 8.78 Å². The van der Waals surface area contributed by atoms with E-state index in [1.54, 1.807) is 0 Å². The molecule has 0 bridgehead atoms. The molecule has 7 atom stereocenters. The summed E-state index contributed by atoms with van der Waals surface area (Å²) in [5.41, 5.74) is 0. The fraction of sp³-hybridized carbons (Fsp3) is 0.900. The first-order valence-electron chi connectivity index (χ1n) is 10.3. The van der Waals surface area contributed by atoms with Crippen molar-refractivity contribution in [2.24, 2.45) is 11.8 Å². The minimum Gasteiger partial charge on any atom is -0.392 e. The molecule has 0 aromatic rings. The Hall–Kier alpha value is -0.600. The minimum absolute atomic E-state index is 0.126. The van der Waals surface area contributed by atoms with Crippen molar-refractivity contribution in [2.45, 2.75) is 95.1 Å². The van der Waals surface area contributed by atoms with Crippen LogP contribution in [0.3, 0.4) is 0 Å². The van der Waals surface area contributed by atoms with Gasteiger partial charge in [-0.05, 0) is 37.7 Å². The summed E-state index contributed by atoms with van der Waals surface area (Å²) in [6.45, 7) is 2.51. The normalized spacial score (nSPS) is 38.4. The predicted molar refractivity (Wildman–Crippen MR) is 95.2 cm³/mol. The van der Waals surface area contributed by atoms with Crippen LogP contribution in [0.1, 0.15) is 58.3 Å². The van der Waals surface area contributed by atoms with Crippen LogP contribution in [0.5, 0.6) is 0 Å². The number of hydrogen-bond donors (Lipinski definition) is 2. The molecule has 3 fully saturated rings. The van der Waals surface area contributed by atoms with Gasteiger partial charge in [0.1, 0.15) is 6.10 Å². The summed E-state index contributed by atoms with van der Waals surface area (Å²) in [5, 5.41) is 19.8. The van der Waals surface area contributed by atoms with Crippen LogP contribution in [0.25, 0.3) is 0 Å². The Morgan fingerprint density at radius 3 is 2.78 bits per heavy atom. The molecule has 27 heavy (non-hydrogen) atoms. The molecule has 1 saturated carbocycles. The summed E-state index contributed by atoms with van der Waals surface area (Å²) in [5.74, 6) is -3.71. The average molecular weight is 390 g/mol. The van der Waals surface area contributed by atoms with Crippen molar-refractivity contribution >= 4 is 0 Å². The Balaban J connectivity index is 1.65.